The summed E-state index contributed by atoms with van der Waals surface area (Å²) in [7, 11) is 0. The van der Waals surface area contributed by atoms with E-state index in [1.807, 2.05) is 6.07 Å². The van der Waals surface area contributed by atoms with Crippen molar-refractivity contribution in [3.05, 3.63) is 71.3 Å². The SMILES string of the molecule is N#Cc1ccc(C[C@@H](NC(=O)c2ccccc2)C(=O)O)cc1. The molecular formula is C17H14N2O3. The van der Waals surface area contributed by atoms with Crippen molar-refractivity contribution in [2.45, 2.75) is 12.5 Å². The van der Waals surface area contributed by atoms with E-state index in [4.69, 9.17) is 5.26 Å². The number of carbonyl (C=O) groups excluding carboxylic acids is 1. The van der Waals surface area contributed by atoms with Crippen LogP contribution in [0.1, 0.15) is 21.5 Å². The number of carboxylic acid groups (broad SMARTS) is 1. The molecule has 1 atom stereocenters. The van der Waals surface area contributed by atoms with Crippen LogP contribution in [0.15, 0.2) is 54.6 Å². The molecule has 0 radical (unpaired) electrons. The van der Waals surface area contributed by atoms with E-state index in [0.29, 0.717) is 11.1 Å². The van der Waals surface area contributed by atoms with E-state index in [2.05, 4.69) is 5.32 Å². The standard InChI is InChI=1S/C17H14N2O3/c18-11-13-8-6-12(7-9-13)10-15(17(21)22)19-16(20)14-4-2-1-3-5-14/h1-9,15H,10H2,(H,19,20)(H,21,22)/t15-/m1/s1. The Hall–Kier alpha value is -3.13. The van der Waals surface area contributed by atoms with Crippen LogP contribution in [0.2, 0.25) is 0 Å². The van der Waals surface area contributed by atoms with Gasteiger partial charge in [0.15, 0.2) is 0 Å². The lowest BCUT2D eigenvalue weighted by Gasteiger charge is -2.14. The molecule has 2 N–H and O–H groups in total. The Morgan fingerprint density at radius 1 is 1.09 bits per heavy atom. The molecule has 0 fully saturated rings. The molecule has 0 spiro atoms. The Balaban J connectivity index is 2.08. The van der Waals surface area contributed by atoms with Crippen LogP contribution in [0.3, 0.4) is 0 Å². The van der Waals surface area contributed by atoms with Gasteiger partial charge in [-0.15, -0.1) is 0 Å². The van der Waals surface area contributed by atoms with Gasteiger partial charge in [-0.25, -0.2) is 4.79 Å². The van der Waals surface area contributed by atoms with Gasteiger partial charge >= 0.3 is 5.97 Å². The van der Waals surface area contributed by atoms with E-state index >= 15 is 0 Å². The summed E-state index contributed by atoms with van der Waals surface area (Å²) in [5.74, 6) is -1.53. The third-order valence-corrected chi connectivity index (χ3v) is 3.16. The van der Waals surface area contributed by atoms with Crippen molar-refractivity contribution in [1.82, 2.24) is 5.32 Å². The summed E-state index contributed by atoms with van der Waals surface area (Å²) in [6.45, 7) is 0. The minimum atomic E-state index is -1.10. The molecule has 5 nitrogen and oxygen atoms in total. The first kappa shape index (κ1) is 15.3. The minimum absolute atomic E-state index is 0.152. The van der Waals surface area contributed by atoms with Crippen LogP contribution in [0.5, 0.6) is 0 Å². The van der Waals surface area contributed by atoms with Crippen LogP contribution in [-0.2, 0) is 11.2 Å². The van der Waals surface area contributed by atoms with E-state index in [-0.39, 0.29) is 6.42 Å². The van der Waals surface area contributed by atoms with Gasteiger partial charge in [0.25, 0.3) is 5.91 Å². The van der Waals surface area contributed by atoms with Gasteiger partial charge in [-0.05, 0) is 29.8 Å². The largest absolute Gasteiger partial charge is 0.480 e. The smallest absolute Gasteiger partial charge is 0.326 e. The highest BCUT2D eigenvalue weighted by Gasteiger charge is 2.21. The average molecular weight is 294 g/mol. The third kappa shape index (κ3) is 3.93. The van der Waals surface area contributed by atoms with E-state index < -0.39 is 17.9 Å². The molecule has 5 heteroatoms. The monoisotopic (exact) mass is 294 g/mol. The summed E-state index contributed by atoms with van der Waals surface area (Å²) < 4.78 is 0. The zero-order valence-corrected chi connectivity index (χ0v) is 11.7. The van der Waals surface area contributed by atoms with Crippen LogP contribution in [0.25, 0.3) is 0 Å². The molecule has 0 unspecified atom stereocenters. The average Bonchev–Trinajstić information content (AvgIpc) is 2.55. The van der Waals surface area contributed by atoms with Gasteiger partial charge in [-0.3, -0.25) is 4.79 Å². The van der Waals surface area contributed by atoms with Crippen LogP contribution < -0.4 is 5.32 Å². The number of carboxylic acids is 1. The molecule has 22 heavy (non-hydrogen) atoms. The highest BCUT2D eigenvalue weighted by Crippen LogP contribution is 2.08. The maximum Gasteiger partial charge on any atom is 0.326 e. The lowest BCUT2D eigenvalue weighted by Crippen LogP contribution is -2.42. The molecule has 0 heterocycles. The summed E-state index contributed by atoms with van der Waals surface area (Å²) in [6.07, 6.45) is 0.152. The number of nitrogens with zero attached hydrogens (tertiary/aromatic N) is 1. The second-order valence-electron chi connectivity index (χ2n) is 4.74. The zero-order valence-electron chi connectivity index (χ0n) is 11.7. The fraction of sp³-hybridized carbons (Fsp3) is 0.118. The van der Waals surface area contributed by atoms with E-state index in [1.54, 1.807) is 54.6 Å². The van der Waals surface area contributed by atoms with Crippen LogP contribution in [0.4, 0.5) is 0 Å². The predicted octanol–water partition coefficient (Wildman–Crippen LogP) is 1.98. The van der Waals surface area contributed by atoms with Gasteiger partial charge in [0.05, 0.1) is 11.6 Å². The number of hydrogen-bond donors (Lipinski definition) is 2. The van der Waals surface area contributed by atoms with Gasteiger partial charge in [0, 0.05) is 12.0 Å². The van der Waals surface area contributed by atoms with E-state index in [9.17, 15) is 14.7 Å². The van der Waals surface area contributed by atoms with Crippen molar-refractivity contribution in [3.8, 4) is 6.07 Å². The fourth-order valence-corrected chi connectivity index (χ4v) is 1.98. The number of carbonyl (C=O) groups is 2. The zero-order chi connectivity index (χ0) is 15.9. The number of amides is 1. The molecule has 110 valence electrons. The predicted molar refractivity (Wildman–Crippen MR) is 80.2 cm³/mol. The number of nitriles is 1. The van der Waals surface area contributed by atoms with Gasteiger partial charge < -0.3 is 10.4 Å². The molecule has 0 aromatic heterocycles. The molecule has 0 saturated heterocycles. The summed E-state index contributed by atoms with van der Waals surface area (Å²) >= 11 is 0. The van der Waals surface area contributed by atoms with Crippen molar-refractivity contribution < 1.29 is 14.7 Å². The molecule has 0 bridgehead atoms. The maximum atomic E-state index is 12.0. The Morgan fingerprint density at radius 2 is 1.73 bits per heavy atom. The number of aliphatic carboxylic acids is 1. The number of benzene rings is 2. The van der Waals surface area contributed by atoms with Gasteiger partial charge in [0.2, 0.25) is 0 Å². The lowest BCUT2D eigenvalue weighted by atomic mass is 10.0. The Bertz CT molecular complexity index is 703. The summed E-state index contributed by atoms with van der Waals surface area (Å²) in [5, 5.41) is 20.5. The summed E-state index contributed by atoms with van der Waals surface area (Å²) in [4.78, 5) is 23.4. The van der Waals surface area contributed by atoms with Crippen LogP contribution in [0, 0.1) is 11.3 Å². The number of rotatable bonds is 5. The van der Waals surface area contributed by atoms with Crippen molar-refractivity contribution >= 4 is 11.9 Å². The second kappa shape index (κ2) is 7.04. The van der Waals surface area contributed by atoms with Crippen molar-refractivity contribution in [2.75, 3.05) is 0 Å². The van der Waals surface area contributed by atoms with Crippen molar-refractivity contribution in [1.29, 1.82) is 5.26 Å². The quantitative estimate of drug-likeness (QED) is 0.882. The minimum Gasteiger partial charge on any atom is -0.480 e. The Labute approximate surface area is 127 Å². The summed E-state index contributed by atoms with van der Waals surface area (Å²) in [6, 6.07) is 16.0. The molecule has 0 aliphatic rings. The fourth-order valence-electron chi connectivity index (χ4n) is 1.98. The highest BCUT2D eigenvalue weighted by molar-refractivity contribution is 5.96. The normalized spacial score (nSPS) is 11.2. The molecule has 2 aromatic rings. The molecular weight excluding hydrogens is 280 g/mol. The third-order valence-electron chi connectivity index (χ3n) is 3.16. The van der Waals surface area contributed by atoms with Gasteiger partial charge in [0.1, 0.15) is 6.04 Å². The van der Waals surface area contributed by atoms with Gasteiger partial charge in [-0.2, -0.15) is 5.26 Å². The first-order chi connectivity index (χ1) is 10.6. The first-order valence-electron chi connectivity index (χ1n) is 6.68. The van der Waals surface area contributed by atoms with E-state index in [1.165, 1.54) is 0 Å². The molecule has 1 amide bonds. The summed E-state index contributed by atoms with van der Waals surface area (Å²) in [5.41, 5.74) is 1.65. The van der Waals surface area contributed by atoms with Crippen LogP contribution >= 0.6 is 0 Å². The van der Waals surface area contributed by atoms with Gasteiger partial charge in [-0.1, -0.05) is 30.3 Å². The highest BCUT2D eigenvalue weighted by atomic mass is 16.4. The van der Waals surface area contributed by atoms with Crippen LogP contribution in [-0.4, -0.2) is 23.0 Å². The van der Waals surface area contributed by atoms with E-state index in [0.717, 1.165) is 5.56 Å². The maximum absolute atomic E-state index is 12.0. The lowest BCUT2D eigenvalue weighted by molar-refractivity contribution is -0.139. The molecule has 2 rings (SSSR count). The molecule has 0 saturated carbocycles. The Kier molecular flexibility index (Phi) is 4.89. The molecule has 0 aliphatic carbocycles. The molecule has 2 aromatic carbocycles. The Morgan fingerprint density at radius 3 is 2.27 bits per heavy atom. The van der Waals surface area contributed by atoms with Crippen molar-refractivity contribution in [3.63, 3.8) is 0 Å². The number of hydrogen-bond acceptors (Lipinski definition) is 3. The van der Waals surface area contributed by atoms with Crippen molar-refractivity contribution in [2.24, 2.45) is 0 Å². The second-order valence-corrected chi connectivity index (χ2v) is 4.74. The number of nitrogens with one attached hydrogen (secondary N) is 1. The topological polar surface area (TPSA) is 90.2 Å². The first-order valence-corrected chi connectivity index (χ1v) is 6.68. The molecule has 0 aliphatic heterocycles.